The van der Waals surface area contributed by atoms with Gasteiger partial charge in [-0.2, -0.15) is 0 Å². The van der Waals surface area contributed by atoms with E-state index in [1.54, 1.807) is 6.07 Å². The third-order valence-corrected chi connectivity index (χ3v) is 2.68. The zero-order chi connectivity index (χ0) is 9.10. The van der Waals surface area contributed by atoms with Crippen LogP contribution in [0.4, 0.5) is 0 Å². The Morgan fingerprint density at radius 1 is 1.31 bits per heavy atom. The largest absolute Gasteiger partial charge is 0.508 e. The van der Waals surface area contributed by atoms with Gasteiger partial charge in [-0.3, -0.25) is 0 Å². The molecule has 0 radical (unpaired) electrons. The van der Waals surface area contributed by atoms with Crippen LogP contribution in [-0.2, 0) is 6.42 Å². The second-order valence-corrected chi connectivity index (χ2v) is 3.69. The summed E-state index contributed by atoms with van der Waals surface area (Å²) < 4.78 is 0. The summed E-state index contributed by atoms with van der Waals surface area (Å²) in [5.74, 6) is 1.26. The number of para-hydroxylation sites is 1. The van der Waals surface area contributed by atoms with E-state index in [-0.39, 0.29) is 0 Å². The highest BCUT2D eigenvalue weighted by Gasteiger charge is 2.16. The van der Waals surface area contributed by atoms with Crippen LogP contribution in [-0.4, -0.2) is 18.2 Å². The van der Waals surface area contributed by atoms with Gasteiger partial charge in [-0.1, -0.05) is 18.2 Å². The van der Waals surface area contributed by atoms with Crippen LogP contribution >= 0.6 is 0 Å². The van der Waals surface area contributed by atoms with Crippen LogP contribution in [0.2, 0.25) is 0 Å². The first-order valence-electron chi connectivity index (χ1n) is 4.84. The van der Waals surface area contributed by atoms with Crippen molar-refractivity contribution in [3.63, 3.8) is 0 Å². The third kappa shape index (κ3) is 2.01. The van der Waals surface area contributed by atoms with E-state index < -0.39 is 0 Å². The lowest BCUT2D eigenvalue weighted by molar-refractivity contribution is 0.326. The molecule has 13 heavy (non-hydrogen) atoms. The lowest BCUT2D eigenvalue weighted by Crippen LogP contribution is -2.42. The minimum absolute atomic E-state index is 0.440. The lowest BCUT2D eigenvalue weighted by Gasteiger charge is -2.26. The molecule has 1 saturated heterocycles. The molecule has 1 aromatic rings. The Morgan fingerprint density at radius 2 is 2.08 bits per heavy atom. The van der Waals surface area contributed by atoms with Gasteiger partial charge in [-0.25, -0.2) is 0 Å². The van der Waals surface area contributed by atoms with Crippen molar-refractivity contribution < 1.29 is 5.11 Å². The minimum Gasteiger partial charge on any atom is -0.508 e. The maximum atomic E-state index is 9.50. The van der Waals surface area contributed by atoms with E-state index >= 15 is 0 Å². The second kappa shape index (κ2) is 3.79. The molecule has 0 saturated carbocycles. The Labute approximate surface area is 78.6 Å². The van der Waals surface area contributed by atoms with Crippen LogP contribution in [0.15, 0.2) is 24.3 Å². The Morgan fingerprint density at radius 3 is 2.69 bits per heavy atom. The van der Waals surface area contributed by atoms with E-state index in [0.717, 1.165) is 31.0 Å². The number of hydrogen-bond acceptors (Lipinski definition) is 2. The molecule has 1 aliphatic heterocycles. The average molecular weight is 177 g/mol. The van der Waals surface area contributed by atoms with Crippen LogP contribution in [0.1, 0.15) is 12.0 Å². The van der Waals surface area contributed by atoms with E-state index in [9.17, 15) is 5.11 Å². The van der Waals surface area contributed by atoms with Gasteiger partial charge in [-0.05, 0) is 43.5 Å². The smallest absolute Gasteiger partial charge is 0.118 e. The van der Waals surface area contributed by atoms with Gasteiger partial charge in [0.15, 0.2) is 0 Å². The summed E-state index contributed by atoms with van der Waals surface area (Å²) in [5, 5.41) is 12.7. The standard InChI is InChI=1S/C11H15NO/c13-11-4-2-1-3-10(11)6-5-9-7-12-8-9/h1-4,9,12-13H,5-8H2. The lowest BCUT2D eigenvalue weighted by atomic mass is 9.94. The van der Waals surface area contributed by atoms with Crippen molar-refractivity contribution in [2.45, 2.75) is 12.8 Å². The summed E-state index contributed by atoms with van der Waals surface area (Å²) in [6, 6.07) is 7.60. The maximum Gasteiger partial charge on any atom is 0.118 e. The van der Waals surface area contributed by atoms with Crippen molar-refractivity contribution in [1.82, 2.24) is 5.32 Å². The fourth-order valence-electron chi connectivity index (χ4n) is 1.63. The zero-order valence-corrected chi connectivity index (χ0v) is 7.66. The van der Waals surface area contributed by atoms with Crippen LogP contribution in [0.5, 0.6) is 5.75 Å². The van der Waals surface area contributed by atoms with E-state index in [1.807, 2.05) is 18.2 Å². The minimum atomic E-state index is 0.440. The second-order valence-electron chi connectivity index (χ2n) is 3.69. The summed E-state index contributed by atoms with van der Waals surface area (Å²) in [4.78, 5) is 0. The molecule has 1 aliphatic rings. The Bertz CT molecular complexity index is 281. The molecule has 0 atom stereocenters. The van der Waals surface area contributed by atoms with Gasteiger partial charge < -0.3 is 10.4 Å². The third-order valence-electron chi connectivity index (χ3n) is 2.68. The first-order chi connectivity index (χ1) is 6.36. The number of nitrogens with one attached hydrogen (secondary N) is 1. The zero-order valence-electron chi connectivity index (χ0n) is 7.66. The molecule has 2 nitrogen and oxygen atoms in total. The van der Waals surface area contributed by atoms with Crippen LogP contribution in [0.25, 0.3) is 0 Å². The van der Waals surface area contributed by atoms with Gasteiger partial charge in [0.05, 0.1) is 0 Å². The number of phenols is 1. The number of hydrogen-bond donors (Lipinski definition) is 2. The average Bonchev–Trinajstić information content (AvgIpc) is 2.05. The van der Waals surface area contributed by atoms with E-state index in [2.05, 4.69) is 5.32 Å². The molecule has 0 aliphatic carbocycles. The molecule has 2 N–H and O–H groups in total. The van der Waals surface area contributed by atoms with Gasteiger partial charge in [0.25, 0.3) is 0 Å². The van der Waals surface area contributed by atoms with Crippen molar-refractivity contribution in [3.05, 3.63) is 29.8 Å². The van der Waals surface area contributed by atoms with Crippen molar-refractivity contribution in [2.24, 2.45) is 5.92 Å². The molecule has 0 spiro atoms. The molecule has 0 aromatic heterocycles. The maximum absolute atomic E-state index is 9.50. The topological polar surface area (TPSA) is 32.3 Å². The summed E-state index contributed by atoms with van der Waals surface area (Å²) in [7, 11) is 0. The number of aryl methyl sites for hydroxylation is 1. The monoisotopic (exact) mass is 177 g/mol. The van der Waals surface area contributed by atoms with Crippen molar-refractivity contribution in [1.29, 1.82) is 0 Å². The Kier molecular flexibility index (Phi) is 2.50. The van der Waals surface area contributed by atoms with E-state index in [0.29, 0.717) is 5.75 Å². The van der Waals surface area contributed by atoms with Gasteiger partial charge >= 0.3 is 0 Å². The van der Waals surface area contributed by atoms with Gasteiger partial charge in [0, 0.05) is 0 Å². The predicted molar refractivity (Wildman–Crippen MR) is 52.8 cm³/mol. The molecular formula is C11H15NO. The molecule has 0 unspecified atom stereocenters. The highest BCUT2D eigenvalue weighted by molar-refractivity contribution is 5.31. The molecular weight excluding hydrogens is 162 g/mol. The Balaban J connectivity index is 1.89. The molecule has 70 valence electrons. The quantitative estimate of drug-likeness (QED) is 0.734. The summed E-state index contributed by atoms with van der Waals surface area (Å²) in [6.07, 6.45) is 2.18. The predicted octanol–water partition coefficient (Wildman–Crippen LogP) is 1.54. The normalized spacial score (nSPS) is 16.9. The molecule has 1 aromatic carbocycles. The van der Waals surface area contributed by atoms with Crippen LogP contribution in [0, 0.1) is 5.92 Å². The molecule has 2 heteroatoms. The number of rotatable bonds is 3. The molecule has 1 fully saturated rings. The van der Waals surface area contributed by atoms with Crippen LogP contribution in [0.3, 0.4) is 0 Å². The summed E-state index contributed by atoms with van der Waals surface area (Å²) in [5.41, 5.74) is 1.08. The summed E-state index contributed by atoms with van der Waals surface area (Å²) in [6.45, 7) is 2.29. The van der Waals surface area contributed by atoms with Crippen molar-refractivity contribution >= 4 is 0 Å². The SMILES string of the molecule is Oc1ccccc1CCC1CNC1. The first kappa shape index (κ1) is 8.57. The van der Waals surface area contributed by atoms with Gasteiger partial charge in [0.2, 0.25) is 0 Å². The summed E-state index contributed by atoms with van der Waals surface area (Å²) >= 11 is 0. The fraction of sp³-hybridized carbons (Fsp3) is 0.455. The first-order valence-corrected chi connectivity index (χ1v) is 4.84. The molecule has 1 heterocycles. The van der Waals surface area contributed by atoms with Crippen molar-refractivity contribution in [3.8, 4) is 5.75 Å². The van der Waals surface area contributed by atoms with E-state index in [4.69, 9.17) is 0 Å². The van der Waals surface area contributed by atoms with Crippen LogP contribution < -0.4 is 5.32 Å². The molecule has 0 bridgehead atoms. The van der Waals surface area contributed by atoms with E-state index in [1.165, 1.54) is 6.42 Å². The molecule has 2 rings (SSSR count). The highest BCUT2D eigenvalue weighted by Crippen LogP contribution is 2.20. The molecule has 0 amide bonds. The highest BCUT2D eigenvalue weighted by atomic mass is 16.3. The Hall–Kier alpha value is -1.02. The number of benzene rings is 1. The number of phenolic OH excluding ortho intramolecular Hbond substituents is 1. The number of aromatic hydroxyl groups is 1. The van der Waals surface area contributed by atoms with Crippen molar-refractivity contribution in [2.75, 3.05) is 13.1 Å². The van der Waals surface area contributed by atoms with Gasteiger partial charge in [-0.15, -0.1) is 0 Å². The van der Waals surface area contributed by atoms with Gasteiger partial charge in [0.1, 0.15) is 5.75 Å². The fourth-order valence-corrected chi connectivity index (χ4v) is 1.63.